The van der Waals surface area contributed by atoms with Crippen LogP contribution in [0.15, 0.2) is 30.5 Å². The summed E-state index contributed by atoms with van der Waals surface area (Å²) in [6.07, 6.45) is 2.37. The molecule has 1 aromatic heterocycles. The van der Waals surface area contributed by atoms with Gasteiger partial charge >= 0.3 is 0 Å². The molecule has 0 aliphatic carbocycles. The summed E-state index contributed by atoms with van der Waals surface area (Å²) < 4.78 is 5.52. The zero-order valence-corrected chi connectivity index (χ0v) is 12.0. The van der Waals surface area contributed by atoms with Crippen LogP contribution in [0.25, 0.3) is 0 Å². The molecular formula is C13H13ClN4O3. The van der Waals surface area contributed by atoms with Gasteiger partial charge in [0.25, 0.3) is 5.69 Å². The van der Waals surface area contributed by atoms with E-state index in [9.17, 15) is 10.1 Å². The van der Waals surface area contributed by atoms with E-state index in [4.69, 9.17) is 16.3 Å². The maximum atomic E-state index is 10.6. The van der Waals surface area contributed by atoms with E-state index in [-0.39, 0.29) is 16.6 Å². The van der Waals surface area contributed by atoms with E-state index >= 15 is 0 Å². The average Bonchev–Trinajstić information content (AvgIpc) is 2.48. The van der Waals surface area contributed by atoms with E-state index < -0.39 is 4.92 Å². The van der Waals surface area contributed by atoms with E-state index in [1.54, 1.807) is 0 Å². The van der Waals surface area contributed by atoms with Gasteiger partial charge in [-0.05, 0) is 18.6 Å². The summed E-state index contributed by atoms with van der Waals surface area (Å²) in [4.78, 5) is 18.3. The third-order valence-electron chi connectivity index (χ3n) is 2.51. The summed E-state index contributed by atoms with van der Waals surface area (Å²) in [6, 6.07) is 5.66. The Kier molecular flexibility index (Phi) is 4.89. The number of non-ortho nitro benzene ring substituents is 1. The second kappa shape index (κ2) is 6.85. The van der Waals surface area contributed by atoms with E-state index in [1.165, 1.54) is 30.5 Å². The predicted octanol–water partition coefficient (Wildman–Crippen LogP) is 3.65. The molecule has 1 aromatic carbocycles. The van der Waals surface area contributed by atoms with Gasteiger partial charge in [0.15, 0.2) is 0 Å². The van der Waals surface area contributed by atoms with Crippen molar-refractivity contribution in [1.82, 2.24) is 9.97 Å². The summed E-state index contributed by atoms with van der Waals surface area (Å²) in [5.74, 6) is 1.01. The molecule has 0 fully saturated rings. The minimum absolute atomic E-state index is 0.0126. The Hall–Kier alpha value is -2.41. The molecule has 2 aromatic rings. The highest BCUT2D eigenvalue weighted by Crippen LogP contribution is 2.28. The third-order valence-corrected chi connectivity index (χ3v) is 2.77. The molecule has 8 heteroatoms. The number of nitro benzene ring substituents is 1. The molecule has 0 spiro atoms. The topological polar surface area (TPSA) is 90.2 Å². The lowest BCUT2D eigenvalue weighted by molar-refractivity contribution is -0.384. The number of aromatic nitrogens is 2. The molecule has 1 N–H and O–H groups in total. The van der Waals surface area contributed by atoms with Gasteiger partial charge in [-0.3, -0.25) is 10.1 Å². The number of hydrogen-bond donors (Lipinski definition) is 1. The van der Waals surface area contributed by atoms with Crippen LogP contribution in [0.3, 0.4) is 0 Å². The van der Waals surface area contributed by atoms with Gasteiger partial charge < -0.3 is 10.1 Å². The van der Waals surface area contributed by atoms with E-state index in [0.717, 1.165) is 13.0 Å². The highest BCUT2D eigenvalue weighted by Gasteiger charge is 2.10. The standard InChI is InChI=1S/C13H13ClN4O3/c1-2-7-15-13-16-8-11(14)12(17-13)21-10-5-3-9(4-6-10)18(19)20/h3-6,8H,2,7H2,1H3,(H,15,16,17). The molecule has 2 rings (SSSR count). The monoisotopic (exact) mass is 308 g/mol. The zero-order valence-electron chi connectivity index (χ0n) is 11.2. The van der Waals surface area contributed by atoms with Crippen LogP contribution in [0.1, 0.15) is 13.3 Å². The van der Waals surface area contributed by atoms with Gasteiger partial charge in [-0.2, -0.15) is 4.98 Å². The second-order valence-electron chi connectivity index (χ2n) is 4.13. The molecule has 0 amide bonds. The summed E-state index contributed by atoms with van der Waals surface area (Å²) in [5.41, 5.74) is -0.0126. The van der Waals surface area contributed by atoms with Gasteiger partial charge in [0.05, 0.1) is 11.1 Å². The van der Waals surface area contributed by atoms with Gasteiger partial charge in [0.1, 0.15) is 10.8 Å². The number of nitro groups is 1. The summed E-state index contributed by atoms with van der Waals surface area (Å²) in [7, 11) is 0. The molecule has 0 aliphatic rings. The van der Waals surface area contributed by atoms with Crippen molar-refractivity contribution in [2.24, 2.45) is 0 Å². The Morgan fingerprint density at radius 3 is 2.71 bits per heavy atom. The number of ether oxygens (including phenoxy) is 1. The lowest BCUT2D eigenvalue weighted by atomic mass is 10.3. The van der Waals surface area contributed by atoms with Crippen LogP contribution in [-0.2, 0) is 0 Å². The van der Waals surface area contributed by atoms with Gasteiger partial charge in [0.2, 0.25) is 11.8 Å². The Morgan fingerprint density at radius 1 is 1.38 bits per heavy atom. The molecule has 110 valence electrons. The number of halogens is 1. The fourth-order valence-corrected chi connectivity index (χ4v) is 1.62. The lowest BCUT2D eigenvalue weighted by Gasteiger charge is -2.08. The zero-order chi connectivity index (χ0) is 15.2. The van der Waals surface area contributed by atoms with E-state index in [0.29, 0.717) is 11.7 Å². The smallest absolute Gasteiger partial charge is 0.269 e. The number of anilines is 1. The molecule has 0 saturated heterocycles. The quantitative estimate of drug-likeness (QED) is 0.647. The van der Waals surface area contributed by atoms with Crippen LogP contribution in [0.5, 0.6) is 11.6 Å². The number of benzene rings is 1. The van der Waals surface area contributed by atoms with Gasteiger partial charge in [0, 0.05) is 18.7 Å². The highest BCUT2D eigenvalue weighted by molar-refractivity contribution is 6.31. The Labute approximate surface area is 126 Å². The summed E-state index contributed by atoms with van der Waals surface area (Å²) in [6.45, 7) is 2.76. The molecule has 7 nitrogen and oxygen atoms in total. The van der Waals surface area contributed by atoms with Crippen LogP contribution in [-0.4, -0.2) is 21.4 Å². The highest BCUT2D eigenvalue weighted by atomic mass is 35.5. The summed E-state index contributed by atoms with van der Waals surface area (Å²) in [5, 5.41) is 13.9. The largest absolute Gasteiger partial charge is 0.437 e. The van der Waals surface area contributed by atoms with Gasteiger partial charge in [-0.1, -0.05) is 18.5 Å². The van der Waals surface area contributed by atoms with Crippen molar-refractivity contribution in [3.63, 3.8) is 0 Å². The van der Waals surface area contributed by atoms with Crippen molar-refractivity contribution >= 4 is 23.2 Å². The van der Waals surface area contributed by atoms with Crippen LogP contribution < -0.4 is 10.1 Å². The van der Waals surface area contributed by atoms with Crippen molar-refractivity contribution in [1.29, 1.82) is 0 Å². The number of hydrogen-bond acceptors (Lipinski definition) is 6. The van der Waals surface area contributed by atoms with Crippen LogP contribution in [0.2, 0.25) is 5.02 Å². The first-order valence-corrected chi connectivity index (χ1v) is 6.66. The van der Waals surface area contributed by atoms with Crippen molar-refractivity contribution in [2.75, 3.05) is 11.9 Å². The normalized spacial score (nSPS) is 10.2. The minimum Gasteiger partial charge on any atom is -0.437 e. The number of rotatable bonds is 6. The summed E-state index contributed by atoms with van der Waals surface area (Å²) >= 11 is 5.98. The average molecular weight is 309 g/mol. The third kappa shape index (κ3) is 4.03. The molecule has 0 bridgehead atoms. The molecule has 0 radical (unpaired) electrons. The Morgan fingerprint density at radius 2 is 2.10 bits per heavy atom. The van der Waals surface area contributed by atoms with Crippen LogP contribution in [0.4, 0.5) is 11.6 Å². The van der Waals surface area contributed by atoms with E-state index in [2.05, 4.69) is 15.3 Å². The fourth-order valence-electron chi connectivity index (χ4n) is 1.49. The van der Waals surface area contributed by atoms with Crippen molar-refractivity contribution in [2.45, 2.75) is 13.3 Å². The minimum atomic E-state index is -0.478. The first-order chi connectivity index (χ1) is 10.1. The van der Waals surface area contributed by atoms with Crippen molar-refractivity contribution in [3.05, 3.63) is 45.6 Å². The molecule has 0 atom stereocenters. The second-order valence-corrected chi connectivity index (χ2v) is 4.53. The molecular weight excluding hydrogens is 296 g/mol. The van der Waals surface area contributed by atoms with Crippen LogP contribution in [0, 0.1) is 10.1 Å². The SMILES string of the molecule is CCCNc1ncc(Cl)c(Oc2ccc([N+](=O)[O-])cc2)n1. The molecule has 0 aliphatic heterocycles. The van der Waals surface area contributed by atoms with Crippen LogP contribution >= 0.6 is 11.6 Å². The van der Waals surface area contributed by atoms with Crippen molar-refractivity contribution < 1.29 is 9.66 Å². The van der Waals surface area contributed by atoms with E-state index in [1.807, 2.05) is 6.92 Å². The lowest BCUT2D eigenvalue weighted by Crippen LogP contribution is -2.04. The maximum absolute atomic E-state index is 10.6. The Balaban J connectivity index is 2.16. The van der Waals surface area contributed by atoms with Crippen molar-refractivity contribution in [3.8, 4) is 11.6 Å². The predicted molar refractivity (Wildman–Crippen MR) is 79.0 cm³/mol. The number of nitrogens with one attached hydrogen (secondary N) is 1. The molecule has 0 saturated carbocycles. The fraction of sp³-hybridized carbons (Fsp3) is 0.231. The first kappa shape index (κ1) is 15.0. The number of nitrogens with zero attached hydrogens (tertiary/aromatic N) is 3. The van der Waals surface area contributed by atoms with Gasteiger partial charge in [-0.15, -0.1) is 0 Å². The molecule has 1 heterocycles. The van der Waals surface area contributed by atoms with Gasteiger partial charge in [-0.25, -0.2) is 4.98 Å². The molecule has 0 unspecified atom stereocenters. The Bertz CT molecular complexity index is 634. The maximum Gasteiger partial charge on any atom is 0.269 e. The first-order valence-electron chi connectivity index (χ1n) is 6.29. The molecule has 21 heavy (non-hydrogen) atoms.